The summed E-state index contributed by atoms with van der Waals surface area (Å²) in [7, 11) is 0. The molecule has 2 aromatic carbocycles. The Bertz CT molecular complexity index is 552. The van der Waals surface area contributed by atoms with Crippen molar-refractivity contribution in [3.63, 3.8) is 0 Å². The second-order valence-corrected chi connectivity index (χ2v) is 5.17. The van der Waals surface area contributed by atoms with Crippen LogP contribution >= 0.6 is 0 Å². The summed E-state index contributed by atoms with van der Waals surface area (Å²) in [4.78, 5) is 0. The highest BCUT2D eigenvalue weighted by molar-refractivity contribution is 5.42. The highest BCUT2D eigenvalue weighted by Crippen LogP contribution is 2.22. The molecule has 2 nitrogen and oxygen atoms in total. The summed E-state index contributed by atoms with van der Waals surface area (Å²) in [5, 5.41) is 13.2. The number of phenols is 1. The minimum atomic E-state index is 0.405. The third kappa shape index (κ3) is 3.58. The third-order valence-corrected chi connectivity index (χ3v) is 3.29. The van der Waals surface area contributed by atoms with Gasteiger partial charge in [-0.15, -0.1) is 0 Å². The van der Waals surface area contributed by atoms with Gasteiger partial charge in [-0.25, -0.2) is 0 Å². The molecule has 0 spiro atoms. The maximum Gasteiger partial charge on any atom is 0.121 e. The fourth-order valence-corrected chi connectivity index (χ4v) is 2.32. The summed E-state index contributed by atoms with van der Waals surface area (Å²) in [6, 6.07) is 12.6. The van der Waals surface area contributed by atoms with Crippen LogP contribution in [-0.4, -0.2) is 5.11 Å². The van der Waals surface area contributed by atoms with Gasteiger partial charge in [0.05, 0.1) is 0 Å². The Morgan fingerprint density at radius 3 is 2.16 bits per heavy atom. The maximum absolute atomic E-state index is 9.74. The van der Waals surface area contributed by atoms with Gasteiger partial charge in [0.15, 0.2) is 0 Å². The number of benzene rings is 2. The highest BCUT2D eigenvalue weighted by atomic mass is 16.3. The third-order valence-electron chi connectivity index (χ3n) is 3.29. The lowest BCUT2D eigenvalue weighted by molar-refractivity contribution is 0.466. The first-order valence-corrected chi connectivity index (χ1v) is 6.61. The first-order valence-electron chi connectivity index (χ1n) is 6.61. The van der Waals surface area contributed by atoms with Crippen molar-refractivity contribution in [1.82, 2.24) is 5.32 Å². The predicted octanol–water partition coefficient (Wildman–Crippen LogP) is 3.61. The van der Waals surface area contributed by atoms with Gasteiger partial charge in [-0.05, 0) is 43.0 Å². The Kier molecular flexibility index (Phi) is 4.23. The SMILES string of the molecule is Cc1cccc(CNCc2cc(C)c(O)c(C)c2)c1. The Balaban J connectivity index is 1.96. The van der Waals surface area contributed by atoms with Crippen molar-refractivity contribution in [1.29, 1.82) is 0 Å². The van der Waals surface area contributed by atoms with E-state index in [1.54, 1.807) is 0 Å². The molecule has 0 fully saturated rings. The zero-order valence-electron chi connectivity index (χ0n) is 11.8. The van der Waals surface area contributed by atoms with Gasteiger partial charge in [-0.3, -0.25) is 0 Å². The van der Waals surface area contributed by atoms with Crippen molar-refractivity contribution in [2.24, 2.45) is 0 Å². The van der Waals surface area contributed by atoms with Crippen LogP contribution in [0.4, 0.5) is 0 Å². The molecule has 0 aliphatic carbocycles. The van der Waals surface area contributed by atoms with E-state index >= 15 is 0 Å². The van der Waals surface area contributed by atoms with E-state index in [9.17, 15) is 5.11 Å². The van der Waals surface area contributed by atoms with Crippen LogP contribution in [0.1, 0.15) is 27.8 Å². The van der Waals surface area contributed by atoms with Crippen molar-refractivity contribution in [3.05, 3.63) is 64.2 Å². The molecule has 0 aliphatic rings. The van der Waals surface area contributed by atoms with Crippen molar-refractivity contribution >= 4 is 0 Å². The van der Waals surface area contributed by atoms with E-state index in [0.29, 0.717) is 5.75 Å². The van der Waals surface area contributed by atoms with E-state index in [1.165, 1.54) is 16.7 Å². The van der Waals surface area contributed by atoms with Crippen LogP contribution in [0.3, 0.4) is 0 Å². The second kappa shape index (κ2) is 5.89. The van der Waals surface area contributed by atoms with Crippen LogP contribution in [-0.2, 0) is 13.1 Å². The molecule has 0 atom stereocenters. The number of hydrogen-bond acceptors (Lipinski definition) is 2. The van der Waals surface area contributed by atoms with Crippen molar-refractivity contribution < 1.29 is 5.11 Å². The molecular weight excluding hydrogens is 234 g/mol. The first-order chi connectivity index (χ1) is 9.06. The van der Waals surface area contributed by atoms with Crippen LogP contribution in [0.2, 0.25) is 0 Å². The zero-order valence-corrected chi connectivity index (χ0v) is 11.8. The fraction of sp³-hybridized carbons (Fsp3) is 0.294. The zero-order chi connectivity index (χ0) is 13.8. The first kappa shape index (κ1) is 13.6. The molecule has 100 valence electrons. The number of nitrogens with one attached hydrogen (secondary N) is 1. The van der Waals surface area contributed by atoms with Crippen molar-refractivity contribution in [3.8, 4) is 5.75 Å². The Hall–Kier alpha value is -1.80. The minimum Gasteiger partial charge on any atom is -0.507 e. The molecule has 0 aromatic heterocycles. The minimum absolute atomic E-state index is 0.405. The molecule has 0 bridgehead atoms. The van der Waals surface area contributed by atoms with Crippen LogP contribution in [0.5, 0.6) is 5.75 Å². The molecule has 0 saturated heterocycles. The van der Waals surface area contributed by atoms with E-state index in [2.05, 4.69) is 36.5 Å². The maximum atomic E-state index is 9.74. The standard InChI is InChI=1S/C17H21NO/c1-12-5-4-6-15(7-12)10-18-11-16-8-13(2)17(19)14(3)9-16/h4-9,18-19H,10-11H2,1-3H3. The number of hydrogen-bond donors (Lipinski definition) is 2. The lowest BCUT2D eigenvalue weighted by atomic mass is 10.1. The fourth-order valence-electron chi connectivity index (χ4n) is 2.32. The van der Waals surface area contributed by atoms with E-state index < -0.39 is 0 Å². The molecule has 0 radical (unpaired) electrons. The quantitative estimate of drug-likeness (QED) is 0.874. The van der Waals surface area contributed by atoms with E-state index in [4.69, 9.17) is 0 Å². The lowest BCUT2D eigenvalue weighted by Crippen LogP contribution is -2.13. The topological polar surface area (TPSA) is 32.3 Å². The Morgan fingerprint density at radius 2 is 1.53 bits per heavy atom. The van der Waals surface area contributed by atoms with Crippen LogP contribution in [0, 0.1) is 20.8 Å². The molecule has 0 aliphatic heterocycles. The lowest BCUT2D eigenvalue weighted by Gasteiger charge is -2.09. The van der Waals surface area contributed by atoms with Gasteiger partial charge >= 0.3 is 0 Å². The van der Waals surface area contributed by atoms with E-state index in [1.807, 2.05) is 26.0 Å². The van der Waals surface area contributed by atoms with Crippen LogP contribution in [0.15, 0.2) is 36.4 Å². The predicted molar refractivity (Wildman–Crippen MR) is 79.3 cm³/mol. The molecule has 2 rings (SSSR count). The smallest absolute Gasteiger partial charge is 0.121 e. The summed E-state index contributed by atoms with van der Waals surface area (Å²) in [5.74, 6) is 0.405. The molecule has 2 aromatic rings. The summed E-state index contributed by atoms with van der Waals surface area (Å²) in [6.45, 7) is 7.66. The van der Waals surface area contributed by atoms with Gasteiger partial charge in [-0.1, -0.05) is 42.0 Å². The summed E-state index contributed by atoms with van der Waals surface area (Å²) in [6.07, 6.45) is 0. The monoisotopic (exact) mass is 255 g/mol. The summed E-state index contributed by atoms with van der Waals surface area (Å²) in [5.41, 5.74) is 5.67. The number of aromatic hydroxyl groups is 1. The van der Waals surface area contributed by atoms with Crippen LogP contribution in [0.25, 0.3) is 0 Å². The van der Waals surface area contributed by atoms with Gasteiger partial charge in [0.25, 0.3) is 0 Å². The molecule has 0 unspecified atom stereocenters. The average molecular weight is 255 g/mol. The summed E-state index contributed by atoms with van der Waals surface area (Å²) >= 11 is 0. The normalized spacial score (nSPS) is 10.7. The van der Waals surface area contributed by atoms with E-state index in [0.717, 1.165) is 24.2 Å². The van der Waals surface area contributed by atoms with Gasteiger partial charge < -0.3 is 10.4 Å². The Labute approximate surface area is 115 Å². The molecule has 2 heteroatoms. The van der Waals surface area contributed by atoms with Crippen LogP contribution < -0.4 is 5.32 Å². The van der Waals surface area contributed by atoms with Gasteiger partial charge in [0, 0.05) is 13.1 Å². The molecule has 0 saturated carbocycles. The highest BCUT2D eigenvalue weighted by Gasteiger charge is 2.03. The summed E-state index contributed by atoms with van der Waals surface area (Å²) < 4.78 is 0. The molecule has 2 N–H and O–H groups in total. The van der Waals surface area contributed by atoms with Gasteiger partial charge in [0.2, 0.25) is 0 Å². The number of rotatable bonds is 4. The van der Waals surface area contributed by atoms with Gasteiger partial charge in [-0.2, -0.15) is 0 Å². The van der Waals surface area contributed by atoms with E-state index in [-0.39, 0.29) is 0 Å². The number of phenolic OH excluding ortho intramolecular Hbond substituents is 1. The number of aryl methyl sites for hydroxylation is 3. The molecular formula is C17H21NO. The molecule has 19 heavy (non-hydrogen) atoms. The second-order valence-electron chi connectivity index (χ2n) is 5.17. The molecule has 0 heterocycles. The Morgan fingerprint density at radius 1 is 0.895 bits per heavy atom. The van der Waals surface area contributed by atoms with Crippen molar-refractivity contribution in [2.45, 2.75) is 33.9 Å². The average Bonchev–Trinajstić information content (AvgIpc) is 2.36. The van der Waals surface area contributed by atoms with Gasteiger partial charge in [0.1, 0.15) is 5.75 Å². The van der Waals surface area contributed by atoms with Crippen molar-refractivity contribution in [2.75, 3.05) is 0 Å². The largest absolute Gasteiger partial charge is 0.507 e. The molecule has 0 amide bonds.